The van der Waals surface area contributed by atoms with Gasteiger partial charge in [0.05, 0.1) is 6.42 Å². The van der Waals surface area contributed by atoms with Crippen molar-refractivity contribution < 1.29 is 41.5 Å². The minimum Gasteiger partial charge on any atom is -0.444 e. The second-order valence-electron chi connectivity index (χ2n) is 9.80. The predicted octanol–water partition coefficient (Wildman–Crippen LogP) is 2.49. The largest absolute Gasteiger partial charge is 0.444 e. The molecule has 1 aliphatic rings. The number of carbonyl (C=O) groups excluding carboxylic acids is 4. The zero-order valence-electron chi connectivity index (χ0n) is 20.9. The lowest BCUT2D eigenvalue weighted by molar-refractivity contribution is -0.170. The summed E-state index contributed by atoms with van der Waals surface area (Å²) < 4.78 is 57.7. The molecule has 0 heterocycles. The summed E-state index contributed by atoms with van der Waals surface area (Å²) in [5.74, 6) is -2.92. The maximum atomic E-state index is 13.2. The number of alkyl carbamates (subject to hydrolysis) is 1. The van der Waals surface area contributed by atoms with Gasteiger partial charge in [-0.05, 0) is 57.7 Å². The Morgan fingerprint density at radius 1 is 0.973 bits per heavy atom. The summed E-state index contributed by atoms with van der Waals surface area (Å²) in [7, 11) is 0. The first-order valence-corrected chi connectivity index (χ1v) is 11.8. The fourth-order valence-electron chi connectivity index (χ4n) is 3.28. The van der Waals surface area contributed by atoms with Gasteiger partial charge in [0.15, 0.2) is 0 Å². The number of rotatable bonds is 11. The minimum absolute atomic E-state index is 0.0325. The van der Waals surface area contributed by atoms with E-state index in [0.717, 1.165) is 0 Å². The van der Waals surface area contributed by atoms with E-state index in [9.17, 15) is 36.7 Å². The monoisotopic (exact) mass is 532 g/mol. The van der Waals surface area contributed by atoms with Crippen molar-refractivity contribution in [2.24, 2.45) is 0 Å². The molecule has 0 bridgehead atoms. The molecule has 4 N–H and O–H groups in total. The van der Waals surface area contributed by atoms with Crippen LogP contribution in [-0.2, 0) is 25.5 Å². The third kappa shape index (κ3) is 10.3. The highest BCUT2D eigenvalue weighted by Crippen LogP contribution is 2.48. The predicted molar refractivity (Wildman–Crippen MR) is 125 cm³/mol. The molecule has 1 aromatic rings. The van der Waals surface area contributed by atoms with Gasteiger partial charge in [-0.15, -0.1) is 0 Å². The van der Waals surface area contributed by atoms with Crippen molar-refractivity contribution in [1.82, 2.24) is 21.3 Å². The number of hydrogen-bond donors (Lipinski definition) is 4. The number of carbonyl (C=O) groups is 4. The molecule has 0 radical (unpaired) electrons. The van der Waals surface area contributed by atoms with E-state index in [4.69, 9.17) is 4.74 Å². The molecule has 206 valence electrons. The standard InChI is InChI=1S/C24H32F4N4O5/c1-22(2,3)37-21(36)30-13-12-29-20(35)17(14-19(34)32-23(10-11-23)24(26,27)28)31-18(33)9-6-15-4-7-16(25)8-5-15/h4-5,7-8,17H,6,9-14H2,1-3H3,(H,29,35)(H,30,36)(H,31,33)(H,32,34). The van der Waals surface area contributed by atoms with Crippen molar-refractivity contribution in [3.8, 4) is 0 Å². The third-order valence-corrected chi connectivity index (χ3v) is 5.36. The number of benzene rings is 1. The normalized spacial score (nSPS) is 15.2. The van der Waals surface area contributed by atoms with Crippen molar-refractivity contribution >= 4 is 23.8 Å². The summed E-state index contributed by atoms with van der Waals surface area (Å²) in [6.45, 7) is 4.90. The van der Waals surface area contributed by atoms with Crippen molar-refractivity contribution in [2.75, 3.05) is 13.1 Å². The van der Waals surface area contributed by atoms with E-state index in [1.807, 2.05) is 5.32 Å². The van der Waals surface area contributed by atoms with Crippen molar-refractivity contribution in [2.45, 2.75) is 76.2 Å². The van der Waals surface area contributed by atoms with E-state index in [1.165, 1.54) is 24.3 Å². The van der Waals surface area contributed by atoms with Crippen LogP contribution >= 0.6 is 0 Å². The number of aryl methyl sites for hydroxylation is 1. The quantitative estimate of drug-likeness (QED) is 0.257. The van der Waals surface area contributed by atoms with Crippen LogP contribution in [0.25, 0.3) is 0 Å². The van der Waals surface area contributed by atoms with E-state index in [0.29, 0.717) is 5.56 Å². The Morgan fingerprint density at radius 3 is 2.11 bits per heavy atom. The summed E-state index contributed by atoms with van der Waals surface area (Å²) in [5, 5.41) is 9.16. The molecule has 13 heteroatoms. The molecular formula is C24H32F4N4O5. The van der Waals surface area contributed by atoms with Crippen LogP contribution < -0.4 is 21.3 Å². The van der Waals surface area contributed by atoms with Gasteiger partial charge in [-0.25, -0.2) is 9.18 Å². The van der Waals surface area contributed by atoms with E-state index in [-0.39, 0.29) is 38.8 Å². The van der Waals surface area contributed by atoms with Crippen LogP contribution in [0.5, 0.6) is 0 Å². The summed E-state index contributed by atoms with van der Waals surface area (Å²) >= 11 is 0. The lowest BCUT2D eigenvalue weighted by atomic mass is 10.1. The maximum Gasteiger partial charge on any atom is 0.411 e. The Kier molecular flexibility index (Phi) is 9.87. The second kappa shape index (κ2) is 12.2. The number of ether oxygens (including phenoxy) is 1. The molecule has 0 spiro atoms. The molecule has 4 amide bonds. The first-order valence-electron chi connectivity index (χ1n) is 11.8. The van der Waals surface area contributed by atoms with Gasteiger partial charge in [0.1, 0.15) is 23.0 Å². The molecule has 1 fully saturated rings. The Labute approximate surface area is 212 Å². The van der Waals surface area contributed by atoms with Crippen LogP contribution in [0.2, 0.25) is 0 Å². The van der Waals surface area contributed by atoms with Crippen LogP contribution in [0.4, 0.5) is 22.4 Å². The fraction of sp³-hybridized carbons (Fsp3) is 0.583. The lowest BCUT2D eigenvalue weighted by Crippen LogP contribution is -2.53. The molecule has 0 aliphatic heterocycles. The molecule has 37 heavy (non-hydrogen) atoms. The highest BCUT2D eigenvalue weighted by Gasteiger charge is 2.64. The molecule has 1 unspecified atom stereocenters. The molecule has 1 aromatic carbocycles. The fourth-order valence-corrected chi connectivity index (χ4v) is 3.28. The molecule has 0 aromatic heterocycles. The van der Waals surface area contributed by atoms with Crippen molar-refractivity contribution in [1.29, 1.82) is 0 Å². The molecular weight excluding hydrogens is 500 g/mol. The van der Waals surface area contributed by atoms with Gasteiger partial charge in [0, 0.05) is 19.5 Å². The first kappa shape index (κ1) is 29.8. The van der Waals surface area contributed by atoms with Gasteiger partial charge in [0.2, 0.25) is 17.7 Å². The molecule has 2 rings (SSSR count). The summed E-state index contributed by atoms with van der Waals surface area (Å²) in [5.41, 5.74) is -2.38. The van der Waals surface area contributed by atoms with Gasteiger partial charge in [0.25, 0.3) is 0 Å². The Morgan fingerprint density at radius 2 is 1.57 bits per heavy atom. The van der Waals surface area contributed by atoms with Crippen molar-refractivity contribution in [3.05, 3.63) is 35.6 Å². The number of nitrogens with one attached hydrogen (secondary N) is 4. The van der Waals surface area contributed by atoms with Crippen LogP contribution in [0.15, 0.2) is 24.3 Å². The van der Waals surface area contributed by atoms with Gasteiger partial charge < -0.3 is 26.0 Å². The first-order chi connectivity index (χ1) is 17.1. The molecule has 0 saturated heterocycles. The second-order valence-corrected chi connectivity index (χ2v) is 9.80. The number of halogens is 4. The zero-order chi connectivity index (χ0) is 27.9. The third-order valence-electron chi connectivity index (χ3n) is 5.36. The average Bonchev–Trinajstić information content (AvgIpc) is 3.55. The van der Waals surface area contributed by atoms with Crippen LogP contribution in [0, 0.1) is 5.82 Å². The Hall–Kier alpha value is -3.38. The van der Waals surface area contributed by atoms with Gasteiger partial charge >= 0.3 is 12.3 Å². The van der Waals surface area contributed by atoms with E-state index >= 15 is 0 Å². The molecule has 1 atom stereocenters. The van der Waals surface area contributed by atoms with E-state index in [2.05, 4.69) is 16.0 Å². The number of alkyl halides is 3. The van der Waals surface area contributed by atoms with Gasteiger partial charge in [-0.2, -0.15) is 13.2 Å². The maximum absolute atomic E-state index is 13.2. The van der Waals surface area contributed by atoms with E-state index < -0.39 is 59.4 Å². The SMILES string of the molecule is CC(C)(C)OC(=O)NCCNC(=O)C(CC(=O)NC1(C(F)(F)F)CC1)NC(=O)CCc1ccc(F)cc1. The number of amides is 4. The van der Waals surface area contributed by atoms with Gasteiger partial charge in [-0.1, -0.05) is 12.1 Å². The molecule has 1 saturated carbocycles. The van der Waals surface area contributed by atoms with E-state index in [1.54, 1.807) is 20.8 Å². The summed E-state index contributed by atoms with van der Waals surface area (Å²) in [4.78, 5) is 49.1. The Balaban J connectivity index is 1.94. The summed E-state index contributed by atoms with van der Waals surface area (Å²) in [6.07, 6.45) is -6.49. The number of hydrogen-bond acceptors (Lipinski definition) is 5. The lowest BCUT2D eigenvalue weighted by Gasteiger charge is -2.23. The zero-order valence-corrected chi connectivity index (χ0v) is 20.9. The van der Waals surface area contributed by atoms with Gasteiger partial charge in [-0.3, -0.25) is 14.4 Å². The smallest absolute Gasteiger partial charge is 0.411 e. The highest BCUT2D eigenvalue weighted by atomic mass is 19.4. The van der Waals surface area contributed by atoms with Crippen molar-refractivity contribution in [3.63, 3.8) is 0 Å². The topological polar surface area (TPSA) is 126 Å². The average molecular weight is 533 g/mol. The van der Waals surface area contributed by atoms with Crippen LogP contribution in [-0.4, -0.2) is 60.3 Å². The molecule has 1 aliphatic carbocycles. The van der Waals surface area contributed by atoms with Crippen LogP contribution in [0.1, 0.15) is 52.0 Å². The highest BCUT2D eigenvalue weighted by molar-refractivity contribution is 5.92. The minimum atomic E-state index is -4.63. The summed E-state index contributed by atoms with van der Waals surface area (Å²) in [6, 6.07) is 3.99. The van der Waals surface area contributed by atoms with Crippen LogP contribution in [0.3, 0.4) is 0 Å². The Bertz CT molecular complexity index is 973. The molecule has 9 nitrogen and oxygen atoms in total.